The van der Waals surface area contributed by atoms with E-state index in [0.717, 1.165) is 16.2 Å². The van der Waals surface area contributed by atoms with Crippen LogP contribution >= 0.6 is 11.3 Å². The van der Waals surface area contributed by atoms with Crippen molar-refractivity contribution in [3.05, 3.63) is 40.4 Å². The van der Waals surface area contributed by atoms with Gasteiger partial charge in [-0.25, -0.2) is 4.79 Å². The number of imide groups is 1. The maximum Gasteiger partial charge on any atom is 0.413 e. The Balaban J connectivity index is 1.72. The number of fused-ring (bicyclic) bond motifs is 1. The monoisotopic (exact) mass is 332 g/mol. The van der Waals surface area contributed by atoms with Gasteiger partial charge in [0, 0.05) is 0 Å². The molecule has 3 rings (SSSR count). The third-order valence-electron chi connectivity index (χ3n) is 3.12. The van der Waals surface area contributed by atoms with Crippen molar-refractivity contribution in [2.45, 2.75) is 13.5 Å². The zero-order valence-electron chi connectivity index (χ0n) is 12.1. The molecule has 1 aliphatic rings. The average Bonchev–Trinajstić information content (AvgIpc) is 3.07. The zero-order chi connectivity index (χ0) is 16.4. The van der Waals surface area contributed by atoms with Crippen LogP contribution in [0, 0.1) is 0 Å². The van der Waals surface area contributed by atoms with Crippen LogP contribution in [0.25, 0.3) is 0 Å². The van der Waals surface area contributed by atoms with E-state index >= 15 is 0 Å². The SMILES string of the molecule is CCOC(=O)Nc1nnc(CN2C(=O)c3ccccc3C2=O)s1. The number of hydrogen-bond donors (Lipinski definition) is 1. The molecular formula is C14H12N4O4S. The molecule has 1 N–H and O–H groups in total. The molecule has 9 heteroatoms. The number of hydrogen-bond acceptors (Lipinski definition) is 7. The molecule has 2 heterocycles. The van der Waals surface area contributed by atoms with E-state index in [1.54, 1.807) is 31.2 Å². The van der Waals surface area contributed by atoms with E-state index in [-0.39, 0.29) is 30.1 Å². The lowest BCUT2D eigenvalue weighted by molar-refractivity contribution is 0.0642. The van der Waals surface area contributed by atoms with Gasteiger partial charge in [0.1, 0.15) is 5.01 Å². The van der Waals surface area contributed by atoms with Crippen molar-refractivity contribution in [3.63, 3.8) is 0 Å². The fraction of sp³-hybridized carbons (Fsp3) is 0.214. The predicted molar refractivity (Wildman–Crippen MR) is 81.2 cm³/mol. The summed E-state index contributed by atoms with van der Waals surface area (Å²) < 4.78 is 4.74. The maximum atomic E-state index is 12.3. The Morgan fingerprint density at radius 1 is 1.22 bits per heavy atom. The molecule has 0 bridgehead atoms. The molecule has 3 amide bonds. The van der Waals surface area contributed by atoms with Crippen LogP contribution in [0.15, 0.2) is 24.3 Å². The summed E-state index contributed by atoms with van der Waals surface area (Å²) in [6, 6.07) is 6.65. The molecule has 0 radical (unpaired) electrons. The lowest BCUT2D eigenvalue weighted by atomic mass is 10.1. The minimum Gasteiger partial charge on any atom is -0.450 e. The van der Waals surface area contributed by atoms with Gasteiger partial charge < -0.3 is 4.74 Å². The summed E-state index contributed by atoms with van der Waals surface area (Å²) in [5.74, 6) is -0.721. The number of nitrogens with zero attached hydrogens (tertiary/aromatic N) is 3. The molecule has 0 fully saturated rings. The molecule has 1 aromatic heterocycles. The number of ether oxygens (including phenoxy) is 1. The van der Waals surface area contributed by atoms with Crippen LogP contribution < -0.4 is 5.32 Å². The van der Waals surface area contributed by atoms with Crippen LogP contribution in [0.5, 0.6) is 0 Å². The summed E-state index contributed by atoms with van der Waals surface area (Å²) in [5, 5.41) is 10.8. The number of carbonyl (C=O) groups excluding carboxylic acids is 3. The fourth-order valence-electron chi connectivity index (χ4n) is 2.14. The largest absolute Gasteiger partial charge is 0.450 e. The van der Waals surface area contributed by atoms with E-state index < -0.39 is 6.09 Å². The summed E-state index contributed by atoms with van der Waals surface area (Å²) in [7, 11) is 0. The van der Waals surface area contributed by atoms with Gasteiger partial charge in [0.15, 0.2) is 0 Å². The zero-order valence-corrected chi connectivity index (χ0v) is 12.9. The molecule has 1 aliphatic heterocycles. The number of nitrogens with one attached hydrogen (secondary N) is 1. The standard InChI is InChI=1S/C14H12N4O4S/c1-2-22-14(21)15-13-17-16-10(23-13)7-18-11(19)8-5-3-4-6-9(8)12(18)20/h3-6H,2,7H2,1H3,(H,15,17,21). The third kappa shape index (κ3) is 2.90. The highest BCUT2D eigenvalue weighted by Crippen LogP contribution is 2.25. The summed E-state index contributed by atoms with van der Waals surface area (Å²) in [5.41, 5.74) is 0.763. The number of aromatic nitrogens is 2. The Morgan fingerprint density at radius 2 is 1.87 bits per heavy atom. The predicted octanol–water partition coefficient (Wildman–Crippen LogP) is 1.90. The van der Waals surface area contributed by atoms with Gasteiger partial charge in [-0.2, -0.15) is 0 Å². The van der Waals surface area contributed by atoms with Crippen LogP contribution in [0.3, 0.4) is 0 Å². The van der Waals surface area contributed by atoms with E-state index in [0.29, 0.717) is 16.1 Å². The van der Waals surface area contributed by atoms with Gasteiger partial charge >= 0.3 is 6.09 Å². The first-order chi connectivity index (χ1) is 11.1. The number of rotatable bonds is 4. The second-order valence-corrected chi connectivity index (χ2v) is 5.65. The maximum absolute atomic E-state index is 12.3. The lowest BCUT2D eigenvalue weighted by Gasteiger charge is -2.10. The van der Waals surface area contributed by atoms with Crippen molar-refractivity contribution in [3.8, 4) is 0 Å². The van der Waals surface area contributed by atoms with Crippen LogP contribution in [-0.2, 0) is 11.3 Å². The smallest absolute Gasteiger partial charge is 0.413 e. The number of amides is 3. The van der Waals surface area contributed by atoms with E-state index in [1.807, 2.05) is 0 Å². The highest BCUT2D eigenvalue weighted by atomic mass is 32.1. The van der Waals surface area contributed by atoms with Gasteiger partial charge in [0.05, 0.1) is 24.3 Å². The number of benzene rings is 1. The Kier molecular flexibility index (Phi) is 4.02. The summed E-state index contributed by atoms with van der Waals surface area (Å²) in [4.78, 5) is 36.9. The Hall–Kier alpha value is -2.81. The third-order valence-corrected chi connectivity index (χ3v) is 3.95. The van der Waals surface area contributed by atoms with Crippen molar-refractivity contribution in [2.24, 2.45) is 0 Å². The molecule has 0 spiro atoms. The second kappa shape index (κ2) is 6.13. The Morgan fingerprint density at radius 3 is 2.48 bits per heavy atom. The van der Waals surface area contributed by atoms with E-state index in [9.17, 15) is 14.4 Å². The molecule has 0 atom stereocenters. The van der Waals surface area contributed by atoms with Gasteiger partial charge in [-0.3, -0.25) is 19.8 Å². The number of anilines is 1. The molecule has 1 aromatic carbocycles. The minimum absolute atomic E-state index is 0.00845. The van der Waals surface area contributed by atoms with Gasteiger partial charge in [0.25, 0.3) is 11.8 Å². The van der Waals surface area contributed by atoms with Gasteiger partial charge in [-0.05, 0) is 19.1 Å². The average molecular weight is 332 g/mol. The highest BCUT2D eigenvalue weighted by molar-refractivity contribution is 7.15. The van der Waals surface area contributed by atoms with Crippen molar-refractivity contribution < 1.29 is 19.1 Å². The van der Waals surface area contributed by atoms with Crippen LogP contribution in [0.4, 0.5) is 9.93 Å². The van der Waals surface area contributed by atoms with Gasteiger partial charge in [-0.1, -0.05) is 23.5 Å². The number of carbonyl (C=O) groups is 3. The fourth-order valence-corrected chi connectivity index (χ4v) is 2.85. The summed E-state index contributed by atoms with van der Waals surface area (Å²) >= 11 is 1.08. The van der Waals surface area contributed by atoms with Gasteiger partial charge in [0.2, 0.25) is 5.13 Å². The minimum atomic E-state index is -0.629. The molecule has 0 saturated heterocycles. The lowest BCUT2D eigenvalue weighted by Crippen LogP contribution is -2.29. The normalized spacial score (nSPS) is 13.2. The first kappa shape index (κ1) is 15.1. The molecule has 23 heavy (non-hydrogen) atoms. The molecule has 0 unspecified atom stereocenters. The molecule has 8 nitrogen and oxygen atoms in total. The van der Waals surface area contributed by atoms with Crippen molar-refractivity contribution in [1.29, 1.82) is 0 Å². The first-order valence-corrected chi connectivity index (χ1v) is 7.63. The van der Waals surface area contributed by atoms with Crippen molar-refractivity contribution in [1.82, 2.24) is 15.1 Å². The van der Waals surface area contributed by atoms with Crippen LogP contribution in [-0.4, -0.2) is 39.6 Å². The second-order valence-electron chi connectivity index (χ2n) is 4.59. The summed E-state index contributed by atoms with van der Waals surface area (Å²) in [6.07, 6.45) is -0.629. The van der Waals surface area contributed by atoms with E-state index in [4.69, 9.17) is 4.74 Å². The van der Waals surface area contributed by atoms with E-state index in [2.05, 4.69) is 15.5 Å². The highest BCUT2D eigenvalue weighted by Gasteiger charge is 2.35. The Labute approximate surface area is 135 Å². The molecule has 2 aromatic rings. The van der Waals surface area contributed by atoms with E-state index in [1.165, 1.54) is 0 Å². The molecule has 0 saturated carbocycles. The van der Waals surface area contributed by atoms with Crippen molar-refractivity contribution in [2.75, 3.05) is 11.9 Å². The molecular weight excluding hydrogens is 320 g/mol. The molecule has 118 valence electrons. The van der Waals surface area contributed by atoms with Gasteiger partial charge in [-0.15, -0.1) is 10.2 Å². The summed E-state index contributed by atoms with van der Waals surface area (Å²) in [6.45, 7) is 1.94. The Bertz CT molecular complexity index is 754. The van der Waals surface area contributed by atoms with Crippen LogP contribution in [0.1, 0.15) is 32.6 Å². The van der Waals surface area contributed by atoms with Crippen molar-refractivity contribution >= 4 is 34.4 Å². The van der Waals surface area contributed by atoms with Crippen LogP contribution in [0.2, 0.25) is 0 Å². The quantitative estimate of drug-likeness (QED) is 0.858. The topological polar surface area (TPSA) is 101 Å². The molecule has 0 aliphatic carbocycles. The first-order valence-electron chi connectivity index (χ1n) is 6.81.